The minimum absolute atomic E-state index is 0.443. The monoisotopic (exact) mass is 216 g/mol. The summed E-state index contributed by atoms with van der Waals surface area (Å²) in [5.41, 5.74) is 10.5. The van der Waals surface area contributed by atoms with Gasteiger partial charge in [0.2, 0.25) is 0 Å². The number of allylic oxidation sites excluding steroid dienone is 2. The van der Waals surface area contributed by atoms with Crippen LogP contribution in [0.3, 0.4) is 0 Å². The van der Waals surface area contributed by atoms with Crippen LogP contribution in [0.1, 0.15) is 44.5 Å². The van der Waals surface area contributed by atoms with Gasteiger partial charge in [0.05, 0.1) is 5.69 Å². The second-order valence-corrected chi connectivity index (χ2v) is 5.52. The van der Waals surface area contributed by atoms with Crippen molar-refractivity contribution in [2.75, 3.05) is 5.73 Å². The van der Waals surface area contributed by atoms with Gasteiger partial charge in [-0.25, -0.2) is 0 Å². The Balaban J connectivity index is 2.29. The van der Waals surface area contributed by atoms with E-state index in [9.17, 15) is 0 Å². The maximum absolute atomic E-state index is 5.85. The van der Waals surface area contributed by atoms with Gasteiger partial charge in [-0.2, -0.15) is 0 Å². The number of hydrogen-bond acceptors (Lipinski definition) is 2. The highest BCUT2D eigenvalue weighted by molar-refractivity contribution is 5.66. The van der Waals surface area contributed by atoms with Crippen molar-refractivity contribution in [2.24, 2.45) is 5.41 Å². The van der Waals surface area contributed by atoms with Crippen molar-refractivity contribution in [2.45, 2.75) is 40.0 Å². The second kappa shape index (κ2) is 3.93. The maximum atomic E-state index is 5.85. The highest BCUT2D eigenvalue weighted by Crippen LogP contribution is 2.37. The lowest BCUT2D eigenvalue weighted by atomic mass is 9.78. The Bertz CT molecular complexity index is 410. The smallest absolute Gasteiger partial charge is 0.0682 e. The van der Waals surface area contributed by atoms with Gasteiger partial charge in [0.25, 0.3) is 0 Å². The molecule has 1 aliphatic carbocycles. The molecule has 2 heteroatoms. The Labute approximate surface area is 97.6 Å². The summed E-state index contributed by atoms with van der Waals surface area (Å²) in [7, 11) is 0. The van der Waals surface area contributed by atoms with E-state index >= 15 is 0 Å². The molecule has 0 spiro atoms. The summed E-state index contributed by atoms with van der Waals surface area (Å²) in [4.78, 5) is 4.56. The Morgan fingerprint density at radius 1 is 1.31 bits per heavy atom. The van der Waals surface area contributed by atoms with E-state index in [0.717, 1.165) is 29.9 Å². The topological polar surface area (TPSA) is 38.9 Å². The summed E-state index contributed by atoms with van der Waals surface area (Å²) < 4.78 is 0. The highest BCUT2D eigenvalue weighted by Gasteiger charge is 2.22. The first-order chi connectivity index (χ1) is 7.46. The largest absolute Gasteiger partial charge is 0.399 e. The van der Waals surface area contributed by atoms with Crippen LogP contribution >= 0.6 is 0 Å². The Morgan fingerprint density at radius 2 is 2.06 bits per heavy atom. The van der Waals surface area contributed by atoms with E-state index in [1.165, 1.54) is 12.0 Å². The van der Waals surface area contributed by atoms with Gasteiger partial charge in [-0.1, -0.05) is 19.9 Å². The molecule has 0 fully saturated rings. The summed E-state index contributed by atoms with van der Waals surface area (Å²) in [5, 5.41) is 0. The fourth-order valence-electron chi connectivity index (χ4n) is 2.17. The summed E-state index contributed by atoms with van der Waals surface area (Å²) >= 11 is 0. The quantitative estimate of drug-likeness (QED) is 0.779. The van der Waals surface area contributed by atoms with Crippen LogP contribution in [-0.2, 0) is 0 Å². The molecule has 1 aromatic rings. The molecule has 1 aromatic heterocycles. The van der Waals surface area contributed by atoms with E-state index in [4.69, 9.17) is 5.73 Å². The van der Waals surface area contributed by atoms with Crippen LogP contribution in [0.15, 0.2) is 18.2 Å². The number of anilines is 1. The van der Waals surface area contributed by atoms with E-state index in [0.29, 0.717) is 5.41 Å². The lowest BCUT2D eigenvalue weighted by molar-refractivity contribution is 0.334. The molecule has 0 bridgehead atoms. The predicted octanol–water partition coefficient (Wildman–Crippen LogP) is 3.57. The van der Waals surface area contributed by atoms with Crippen molar-refractivity contribution >= 4 is 11.3 Å². The summed E-state index contributed by atoms with van der Waals surface area (Å²) in [5.74, 6) is 0. The molecule has 86 valence electrons. The number of nitrogen functional groups attached to an aromatic ring is 1. The molecule has 0 unspecified atom stereocenters. The molecule has 0 saturated heterocycles. The molecule has 0 radical (unpaired) electrons. The molecule has 1 heterocycles. The van der Waals surface area contributed by atoms with E-state index in [-0.39, 0.29) is 0 Å². The fourth-order valence-corrected chi connectivity index (χ4v) is 2.17. The minimum Gasteiger partial charge on any atom is -0.399 e. The molecule has 16 heavy (non-hydrogen) atoms. The summed E-state index contributed by atoms with van der Waals surface area (Å²) in [6.07, 6.45) is 5.81. The van der Waals surface area contributed by atoms with E-state index in [2.05, 4.69) is 24.9 Å². The molecular formula is C14H20N2. The number of aryl methyl sites for hydroxylation is 1. The lowest BCUT2D eigenvalue weighted by Crippen LogP contribution is -2.14. The van der Waals surface area contributed by atoms with Crippen molar-refractivity contribution in [3.63, 3.8) is 0 Å². The van der Waals surface area contributed by atoms with Gasteiger partial charge in [-0.3, -0.25) is 4.98 Å². The number of hydrogen-bond donors (Lipinski definition) is 1. The normalized spacial score (nSPS) is 19.3. The van der Waals surface area contributed by atoms with Crippen LogP contribution in [0.2, 0.25) is 0 Å². The van der Waals surface area contributed by atoms with E-state index in [1.54, 1.807) is 0 Å². The average Bonchev–Trinajstić information content (AvgIpc) is 2.15. The van der Waals surface area contributed by atoms with Gasteiger partial charge in [-0.15, -0.1) is 0 Å². The first-order valence-electron chi connectivity index (χ1n) is 5.90. The number of aromatic nitrogens is 1. The van der Waals surface area contributed by atoms with Crippen LogP contribution in [0.25, 0.3) is 5.57 Å². The van der Waals surface area contributed by atoms with Crippen molar-refractivity contribution < 1.29 is 0 Å². The van der Waals surface area contributed by atoms with Gasteiger partial charge in [0, 0.05) is 11.4 Å². The van der Waals surface area contributed by atoms with Gasteiger partial charge < -0.3 is 5.73 Å². The van der Waals surface area contributed by atoms with Crippen LogP contribution in [-0.4, -0.2) is 4.98 Å². The molecule has 1 aliphatic rings. The third-order valence-electron chi connectivity index (χ3n) is 3.28. The molecule has 0 atom stereocenters. The van der Waals surface area contributed by atoms with E-state index in [1.807, 2.05) is 19.1 Å². The zero-order valence-electron chi connectivity index (χ0n) is 10.4. The predicted molar refractivity (Wildman–Crippen MR) is 69.0 cm³/mol. The highest BCUT2D eigenvalue weighted by atomic mass is 14.7. The van der Waals surface area contributed by atoms with Gasteiger partial charge >= 0.3 is 0 Å². The fraction of sp³-hybridized carbons (Fsp3) is 0.500. The molecule has 0 saturated carbocycles. The van der Waals surface area contributed by atoms with Crippen LogP contribution in [0.4, 0.5) is 5.69 Å². The van der Waals surface area contributed by atoms with Crippen molar-refractivity contribution in [3.05, 3.63) is 29.6 Å². The molecular weight excluding hydrogens is 196 g/mol. The van der Waals surface area contributed by atoms with Gasteiger partial charge in [-0.05, 0) is 49.3 Å². The Hall–Kier alpha value is -1.31. The standard InChI is InChI=1S/C14H20N2/c1-10-8-12(15)9-13(16-10)11-4-6-14(2,3)7-5-11/h4,8-9H,5-7H2,1-3H3,(H2,15,16). The third-order valence-corrected chi connectivity index (χ3v) is 3.28. The minimum atomic E-state index is 0.443. The number of nitrogens with zero attached hydrogens (tertiary/aromatic N) is 1. The second-order valence-electron chi connectivity index (χ2n) is 5.52. The number of pyridine rings is 1. The lowest BCUT2D eigenvalue weighted by Gasteiger charge is -2.28. The van der Waals surface area contributed by atoms with Gasteiger partial charge in [0.1, 0.15) is 0 Å². The SMILES string of the molecule is Cc1cc(N)cc(C2=CCC(C)(C)CC2)n1. The molecule has 0 aromatic carbocycles. The molecule has 0 amide bonds. The van der Waals surface area contributed by atoms with Crippen LogP contribution < -0.4 is 5.73 Å². The number of rotatable bonds is 1. The average molecular weight is 216 g/mol. The van der Waals surface area contributed by atoms with E-state index < -0.39 is 0 Å². The molecule has 2 N–H and O–H groups in total. The zero-order valence-corrected chi connectivity index (χ0v) is 10.4. The Morgan fingerprint density at radius 3 is 2.62 bits per heavy atom. The third kappa shape index (κ3) is 2.43. The molecule has 2 nitrogen and oxygen atoms in total. The Kier molecular flexibility index (Phi) is 2.75. The van der Waals surface area contributed by atoms with Crippen molar-refractivity contribution in [1.29, 1.82) is 0 Å². The van der Waals surface area contributed by atoms with Crippen molar-refractivity contribution in [1.82, 2.24) is 4.98 Å². The van der Waals surface area contributed by atoms with Crippen LogP contribution in [0, 0.1) is 12.3 Å². The molecule has 0 aliphatic heterocycles. The first-order valence-corrected chi connectivity index (χ1v) is 5.90. The number of nitrogens with two attached hydrogens (primary N) is 1. The summed E-state index contributed by atoms with van der Waals surface area (Å²) in [6, 6.07) is 3.90. The molecule has 2 rings (SSSR count). The van der Waals surface area contributed by atoms with Crippen molar-refractivity contribution in [3.8, 4) is 0 Å². The zero-order chi connectivity index (χ0) is 11.8. The summed E-state index contributed by atoms with van der Waals surface area (Å²) in [6.45, 7) is 6.63. The van der Waals surface area contributed by atoms with Gasteiger partial charge in [0.15, 0.2) is 0 Å². The maximum Gasteiger partial charge on any atom is 0.0682 e. The first kappa shape index (κ1) is 11.2. The van der Waals surface area contributed by atoms with Crippen LogP contribution in [0.5, 0.6) is 0 Å².